The Morgan fingerprint density at radius 1 is 1.24 bits per heavy atom. The molecule has 1 amide bonds. The molecular formula is C16H16N2O3. The quantitative estimate of drug-likeness (QED) is 0.916. The number of para-hydroxylation sites is 1. The van der Waals surface area contributed by atoms with Gasteiger partial charge in [-0.05, 0) is 18.1 Å². The summed E-state index contributed by atoms with van der Waals surface area (Å²) in [7, 11) is 0. The molecule has 5 heteroatoms. The van der Waals surface area contributed by atoms with Crippen LogP contribution in [-0.4, -0.2) is 40.0 Å². The highest BCUT2D eigenvalue weighted by Crippen LogP contribution is 2.26. The lowest BCUT2D eigenvalue weighted by atomic mass is 9.99. The maximum absolute atomic E-state index is 12.7. The monoisotopic (exact) mass is 284 g/mol. The average molecular weight is 284 g/mol. The van der Waals surface area contributed by atoms with Crippen molar-refractivity contribution in [2.24, 2.45) is 11.8 Å². The smallest absolute Gasteiger partial charge is 0.308 e. The number of carbonyl (C=O) groups excluding carboxylic acids is 1. The molecule has 0 spiro atoms. The fourth-order valence-electron chi connectivity index (χ4n) is 2.91. The maximum Gasteiger partial charge on any atom is 0.308 e. The van der Waals surface area contributed by atoms with Crippen molar-refractivity contribution in [3.8, 4) is 0 Å². The third-order valence-electron chi connectivity index (χ3n) is 4.10. The molecule has 1 aliphatic rings. The van der Waals surface area contributed by atoms with E-state index in [4.69, 9.17) is 0 Å². The van der Waals surface area contributed by atoms with Crippen LogP contribution >= 0.6 is 0 Å². The zero-order valence-corrected chi connectivity index (χ0v) is 11.7. The van der Waals surface area contributed by atoms with E-state index < -0.39 is 11.9 Å². The number of aromatic nitrogens is 1. The molecule has 21 heavy (non-hydrogen) atoms. The van der Waals surface area contributed by atoms with Crippen molar-refractivity contribution < 1.29 is 14.7 Å². The Morgan fingerprint density at radius 3 is 2.71 bits per heavy atom. The Bertz CT molecular complexity index is 708. The number of amides is 1. The molecule has 2 unspecified atom stereocenters. The van der Waals surface area contributed by atoms with Crippen LogP contribution in [0.3, 0.4) is 0 Å². The Balaban J connectivity index is 1.93. The predicted molar refractivity (Wildman–Crippen MR) is 77.9 cm³/mol. The van der Waals surface area contributed by atoms with E-state index in [0.717, 1.165) is 10.9 Å². The van der Waals surface area contributed by atoms with Gasteiger partial charge in [0.05, 0.1) is 17.0 Å². The van der Waals surface area contributed by atoms with Crippen LogP contribution in [0.1, 0.15) is 17.3 Å². The number of nitrogens with zero attached hydrogens (tertiary/aromatic N) is 2. The molecule has 2 atom stereocenters. The van der Waals surface area contributed by atoms with Gasteiger partial charge >= 0.3 is 5.97 Å². The first-order valence-corrected chi connectivity index (χ1v) is 6.93. The Morgan fingerprint density at radius 2 is 2.00 bits per heavy atom. The van der Waals surface area contributed by atoms with E-state index in [0.29, 0.717) is 12.1 Å². The highest BCUT2D eigenvalue weighted by Gasteiger charge is 2.37. The zero-order valence-electron chi connectivity index (χ0n) is 11.7. The third-order valence-corrected chi connectivity index (χ3v) is 4.10. The van der Waals surface area contributed by atoms with Crippen molar-refractivity contribution in [1.29, 1.82) is 0 Å². The predicted octanol–water partition coefficient (Wildman–Crippen LogP) is 2.03. The number of carboxylic acid groups (broad SMARTS) is 1. The van der Waals surface area contributed by atoms with Crippen molar-refractivity contribution in [3.63, 3.8) is 0 Å². The SMILES string of the molecule is CC1CN(C(=O)c2ccnc3ccccc23)CC1C(=O)O. The molecule has 1 aromatic heterocycles. The molecule has 1 N–H and O–H groups in total. The molecule has 5 nitrogen and oxygen atoms in total. The molecule has 0 saturated carbocycles. The summed E-state index contributed by atoms with van der Waals surface area (Å²) in [5.41, 5.74) is 1.35. The molecular weight excluding hydrogens is 268 g/mol. The van der Waals surface area contributed by atoms with Crippen LogP contribution in [0.2, 0.25) is 0 Å². The number of hydrogen-bond acceptors (Lipinski definition) is 3. The summed E-state index contributed by atoms with van der Waals surface area (Å²) in [6.07, 6.45) is 1.61. The topological polar surface area (TPSA) is 70.5 Å². The Kier molecular flexibility index (Phi) is 3.33. The van der Waals surface area contributed by atoms with Crippen molar-refractivity contribution in [2.45, 2.75) is 6.92 Å². The Hall–Kier alpha value is -2.43. The number of carboxylic acids is 1. The lowest BCUT2D eigenvalue weighted by molar-refractivity contribution is -0.142. The second-order valence-corrected chi connectivity index (χ2v) is 5.51. The minimum Gasteiger partial charge on any atom is -0.481 e. The number of pyridine rings is 1. The van der Waals surface area contributed by atoms with Gasteiger partial charge in [0, 0.05) is 24.7 Å². The lowest BCUT2D eigenvalue weighted by Gasteiger charge is -2.17. The number of rotatable bonds is 2. The second-order valence-electron chi connectivity index (χ2n) is 5.51. The van der Waals surface area contributed by atoms with Gasteiger partial charge in [-0.2, -0.15) is 0 Å². The van der Waals surface area contributed by atoms with Gasteiger partial charge in [-0.25, -0.2) is 0 Å². The van der Waals surface area contributed by atoms with E-state index in [2.05, 4.69) is 4.98 Å². The van der Waals surface area contributed by atoms with Gasteiger partial charge in [0.15, 0.2) is 0 Å². The molecule has 0 aliphatic carbocycles. The maximum atomic E-state index is 12.7. The van der Waals surface area contributed by atoms with Crippen LogP contribution in [0.5, 0.6) is 0 Å². The van der Waals surface area contributed by atoms with Crippen molar-refractivity contribution in [1.82, 2.24) is 9.88 Å². The van der Waals surface area contributed by atoms with Crippen molar-refractivity contribution in [3.05, 3.63) is 42.1 Å². The van der Waals surface area contributed by atoms with E-state index in [1.165, 1.54) is 0 Å². The molecule has 1 aromatic carbocycles. The zero-order chi connectivity index (χ0) is 15.0. The molecule has 3 rings (SSSR count). The lowest BCUT2D eigenvalue weighted by Crippen LogP contribution is -2.30. The van der Waals surface area contributed by atoms with Crippen LogP contribution in [-0.2, 0) is 4.79 Å². The van der Waals surface area contributed by atoms with Crippen LogP contribution in [0, 0.1) is 11.8 Å². The van der Waals surface area contributed by atoms with E-state index in [9.17, 15) is 14.7 Å². The van der Waals surface area contributed by atoms with Crippen LogP contribution in [0.25, 0.3) is 10.9 Å². The molecule has 1 fully saturated rings. The number of likely N-dealkylation sites (tertiary alicyclic amines) is 1. The van der Waals surface area contributed by atoms with Gasteiger partial charge < -0.3 is 10.0 Å². The fourth-order valence-corrected chi connectivity index (χ4v) is 2.91. The molecule has 0 radical (unpaired) electrons. The highest BCUT2D eigenvalue weighted by molar-refractivity contribution is 6.06. The van der Waals surface area contributed by atoms with Crippen LogP contribution in [0.15, 0.2) is 36.5 Å². The summed E-state index contributed by atoms with van der Waals surface area (Å²) < 4.78 is 0. The standard InChI is InChI=1S/C16H16N2O3/c1-10-8-18(9-13(10)16(20)21)15(19)12-6-7-17-14-5-3-2-4-11(12)14/h2-7,10,13H,8-9H2,1H3,(H,20,21). The van der Waals surface area contributed by atoms with Gasteiger partial charge in [-0.15, -0.1) is 0 Å². The normalized spacial score (nSPS) is 21.7. The summed E-state index contributed by atoms with van der Waals surface area (Å²) in [4.78, 5) is 29.7. The van der Waals surface area contributed by atoms with Crippen LogP contribution < -0.4 is 0 Å². The minimum absolute atomic E-state index is 0.0282. The number of aliphatic carboxylic acids is 1. The van der Waals surface area contributed by atoms with Gasteiger partial charge in [0.1, 0.15) is 0 Å². The van der Waals surface area contributed by atoms with Gasteiger partial charge in [-0.3, -0.25) is 14.6 Å². The molecule has 1 saturated heterocycles. The first-order valence-electron chi connectivity index (χ1n) is 6.93. The van der Waals surface area contributed by atoms with E-state index in [1.54, 1.807) is 17.2 Å². The van der Waals surface area contributed by atoms with Gasteiger partial charge in [0.25, 0.3) is 5.91 Å². The van der Waals surface area contributed by atoms with Crippen molar-refractivity contribution in [2.75, 3.05) is 13.1 Å². The Labute approximate surface area is 122 Å². The molecule has 2 heterocycles. The van der Waals surface area contributed by atoms with Gasteiger partial charge in [-0.1, -0.05) is 25.1 Å². The summed E-state index contributed by atoms with van der Waals surface area (Å²) in [5, 5.41) is 9.98. The average Bonchev–Trinajstić information content (AvgIpc) is 2.88. The molecule has 0 bridgehead atoms. The largest absolute Gasteiger partial charge is 0.481 e. The minimum atomic E-state index is -0.836. The van der Waals surface area contributed by atoms with E-state index >= 15 is 0 Å². The first kappa shape index (κ1) is 13.5. The van der Waals surface area contributed by atoms with Gasteiger partial charge in [0.2, 0.25) is 0 Å². The molecule has 2 aromatic rings. The second kappa shape index (κ2) is 5.16. The van der Waals surface area contributed by atoms with E-state index in [-0.39, 0.29) is 18.4 Å². The number of carbonyl (C=O) groups is 2. The molecule has 108 valence electrons. The summed E-state index contributed by atoms with van der Waals surface area (Å²) in [5.74, 6) is -1.47. The summed E-state index contributed by atoms with van der Waals surface area (Å²) in [6.45, 7) is 2.62. The van der Waals surface area contributed by atoms with E-state index in [1.807, 2.05) is 31.2 Å². The third kappa shape index (κ3) is 2.35. The molecule has 1 aliphatic heterocycles. The number of hydrogen-bond donors (Lipinski definition) is 1. The van der Waals surface area contributed by atoms with Crippen LogP contribution in [0.4, 0.5) is 0 Å². The number of fused-ring (bicyclic) bond motifs is 1. The van der Waals surface area contributed by atoms with Crippen molar-refractivity contribution >= 4 is 22.8 Å². The highest BCUT2D eigenvalue weighted by atomic mass is 16.4. The number of benzene rings is 1. The fraction of sp³-hybridized carbons (Fsp3) is 0.312. The summed E-state index contributed by atoms with van der Waals surface area (Å²) >= 11 is 0. The summed E-state index contributed by atoms with van der Waals surface area (Å²) in [6, 6.07) is 9.17. The first-order chi connectivity index (χ1) is 10.1.